The summed E-state index contributed by atoms with van der Waals surface area (Å²) in [5.74, 6) is 0. The van der Waals surface area contributed by atoms with Gasteiger partial charge in [0, 0.05) is 0 Å². The van der Waals surface area contributed by atoms with Crippen molar-refractivity contribution in [2.45, 2.75) is 0 Å². The van der Waals surface area contributed by atoms with Crippen LogP contribution in [0.2, 0.25) is 0 Å². The molecule has 0 atom stereocenters. The Labute approximate surface area is 102 Å². The summed E-state index contributed by atoms with van der Waals surface area (Å²) in [6.07, 6.45) is -1.83. The van der Waals surface area contributed by atoms with Crippen molar-refractivity contribution in [2.75, 3.05) is 0 Å². The molecule has 3 nitrogen and oxygen atoms in total. The topological polar surface area (TPSA) is 57.5 Å². The van der Waals surface area contributed by atoms with Crippen LogP contribution in [-0.2, 0) is 0 Å². The average molecular weight is 398 g/mol. The van der Waals surface area contributed by atoms with Gasteiger partial charge >= 0.3 is 87.4 Å². The van der Waals surface area contributed by atoms with Gasteiger partial charge in [-0.2, -0.15) is 0 Å². The Bertz CT molecular complexity index is 464. The summed E-state index contributed by atoms with van der Waals surface area (Å²) in [6, 6.07) is 15.1. The van der Waals surface area contributed by atoms with Crippen molar-refractivity contribution < 1.29 is 15.0 Å². The van der Waals surface area contributed by atoms with E-state index in [1.807, 2.05) is 0 Å². The van der Waals surface area contributed by atoms with E-state index in [4.69, 9.17) is 15.0 Å². The Morgan fingerprint density at radius 3 is 2.13 bits per heavy atom. The number of hydrogen-bond donors (Lipinski definition) is 2. The Kier molecular flexibility index (Phi) is 4.50. The molecule has 0 saturated carbocycles. The summed E-state index contributed by atoms with van der Waals surface area (Å²) in [6.45, 7) is 0. The van der Waals surface area contributed by atoms with E-state index in [0.717, 1.165) is 0 Å². The number of carboxylic acid groups (broad SMARTS) is 2. The van der Waals surface area contributed by atoms with Crippen molar-refractivity contribution in [3.8, 4) is 0 Å². The molecule has 0 unspecified atom stereocenters. The molecule has 2 rings (SSSR count). The van der Waals surface area contributed by atoms with E-state index >= 15 is 0 Å². The van der Waals surface area contributed by atoms with E-state index in [1.165, 1.54) is 38.8 Å². The molecule has 0 saturated heterocycles. The zero-order valence-corrected chi connectivity index (χ0v) is 11.3. The van der Waals surface area contributed by atoms with Crippen molar-refractivity contribution >= 4 is 44.9 Å². The third-order valence-corrected chi connectivity index (χ3v) is 2.81. The second-order valence-corrected chi connectivity index (χ2v) is 4.82. The van der Waals surface area contributed by atoms with Gasteiger partial charge in [0.25, 0.3) is 0 Å². The number of hydrogen-bond acceptors (Lipinski definition) is 1. The molecule has 0 aliphatic heterocycles. The number of fused-ring (bicyclic) bond motifs is 1. The van der Waals surface area contributed by atoms with Gasteiger partial charge in [-0.1, -0.05) is 0 Å². The summed E-state index contributed by atoms with van der Waals surface area (Å²) in [5, 5.41) is 16.6. The molecule has 0 aliphatic rings. The second-order valence-electron chi connectivity index (χ2n) is 2.81. The second kappa shape index (κ2) is 5.67. The zero-order valence-electron chi connectivity index (χ0n) is 7.79. The number of carbonyl (C=O) groups is 1. The van der Waals surface area contributed by atoms with Crippen molar-refractivity contribution in [1.82, 2.24) is 0 Å². The fraction of sp³-hybridized carbons (Fsp3) is 0. The van der Waals surface area contributed by atoms with Crippen molar-refractivity contribution in [3.63, 3.8) is 0 Å². The fourth-order valence-corrected chi connectivity index (χ4v) is 2.01. The van der Waals surface area contributed by atoms with E-state index in [9.17, 15) is 0 Å². The van der Waals surface area contributed by atoms with E-state index in [2.05, 4.69) is 42.5 Å². The van der Waals surface area contributed by atoms with Crippen LogP contribution in [0.15, 0.2) is 42.5 Å². The third-order valence-electron chi connectivity index (χ3n) is 1.73. The van der Waals surface area contributed by atoms with Gasteiger partial charge in [0.2, 0.25) is 0 Å². The van der Waals surface area contributed by atoms with E-state index in [0.29, 0.717) is 0 Å². The monoisotopic (exact) mass is 398 g/mol. The van der Waals surface area contributed by atoms with Crippen molar-refractivity contribution in [3.05, 3.63) is 42.5 Å². The molecule has 2 aromatic carbocycles. The van der Waals surface area contributed by atoms with Gasteiger partial charge in [0.15, 0.2) is 0 Å². The third kappa shape index (κ3) is 4.26. The first kappa shape index (κ1) is 11.9. The normalized spacial score (nSPS) is 9.13. The van der Waals surface area contributed by atoms with Crippen LogP contribution in [0.3, 0.4) is 0 Å². The van der Waals surface area contributed by atoms with E-state index < -0.39 is 6.16 Å². The molecule has 2 radical (unpaired) electrons. The zero-order chi connectivity index (χ0) is 11.3. The summed E-state index contributed by atoms with van der Waals surface area (Å²) >= 11 is 1.34. The van der Waals surface area contributed by atoms with Gasteiger partial charge < -0.3 is 10.2 Å². The van der Waals surface area contributed by atoms with Crippen molar-refractivity contribution in [2.24, 2.45) is 0 Å². The Hall–Kier alpha value is -1.15. The standard InChI is InChI=1S/C10H7.CH2O3.Bi/c1-2-6-10-8-4-3-7-9(10)5-1;2-1(3)4;/h1-3,5-8H;(H2,2,3,4);. The molecule has 0 aliphatic carbocycles. The Balaban J connectivity index is 0.000000245. The SMILES string of the molecule is O=C(O)O.[Bi][c]1ccc2ccccc2c1. The minimum absolute atomic E-state index is 1.34. The quantitative estimate of drug-likeness (QED) is 0.667. The van der Waals surface area contributed by atoms with Crippen LogP contribution in [0.25, 0.3) is 10.8 Å². The molecule has 2 aromatic rings. The van der Waals surface area contributed by atoms with Gasteiger partial charge in [0.1, 0.15) is 0 Å². The van der Waals surface area contributed by atoms with Crippen LogP contribution in [-0.4, -0.2) is 41.1 Å². The molecule has 0 fully saturated rings. The van der Waals surface area contributed by atoms with Crippen LogP contribution in [0, 0.1) is 0 Å². The predicted molar refractivity (Wildman–Crippen MR) is 60.0 cm³/mol. The van der Waals surface area contributed by atoms with Crippen LogP contribution in [0.5, 0.6) is 0 Å². The van der Waals surface area contributed by atoms with Crippen LogP contribution in [0.1, 0.15) is 0 Å². The maximum atomic E-state index is 8.56. The molecule has 4 heteroatoms. The van der Waals surface area contributed by atoms with Crippen LogP contribution < -0.4 is 3.27 Å². The number of rotatable bonds is 0. The van der Waals surface area contributed by atoms with Crippen LogP contribution >= 0.6 is 0 Å². The molecule has 15 heavy (non-hydrogen) atoms. The first-order valence-corrected chi connectivity index (χ1v) is 5.93. The first-order chi connectivity index (χ1) is 7.09. The van der Waals surface area contributed by atoms with E-state index in [-0.39, 0.29) is 0 Å². The molecule has 0 heterocycles. The maximum absolute atomic E-state index is 8.56. The van der Waals surface area contributed by atoms with Crippen molar-refractivity contribution in [1.29, 1.82) is 0 Å². The summed E-state index contributed by atoms with van der Waals surface area (Å²) in [4.78, 5) is 8.56. The summed E-state index contributed by atoms with van der Waals surface area (Å²) in [7, 11) is 0. The first-order valence-electron chi connectivity index (χ1n) is 4.19. The molecular weight excluding hydrogens is 389 g/mol. The molecule has 0 aromatic heterocycles. The average Bonchev–Trinajstić information content (AvgIpc) is 2.16. The predicted octanol–water partition coefficient (Wildman–Crippen LogP) is 1.86. The Morgan fingerprint density at radius 2 is 1.53 bits per heavy atom. The molecule has 76 valence electrons. The molecule has 0 spiro atoms. The molecular formula is C11H9BiO3. The number of benzene rings is 2. The molecule has 0 bridgehead atoms. The summed E-state index contributed by atoms with van der Waals surface area (Å²) in [5.41, 5.74) is 0. The summed E-state index contributed by atoms with van der Waals surface area (Å²) < 4.78 is 1.43. The van der Waals surface area contributed by atoms with E-state index in [1.54, 1.807) is 0 Å². The van der Waals surface area contributed by atoms with Crippen LogP contribution in [0.4, 0.5) is 4.79 Å². The molecule has 0 amide bonds. The van der Waals surface area contributed by atoms with Gasteiger partial charge in [0.05, 0.1) is 0 Å². The van der Waals surface area contributed by atoms with Gasteiger partial charge in [-0.3, -0.25) is 0 Å². The Morgan fingerprint density at radius 1 is 1.00 bits per heavy atom. The van der Waals surface area contributed by atoms with Gasteiger partial charge in [-0.15, -0.1) is 0 Å². The molecule has 2 N–H and O–H groups in total. The minimum atomic E-state index is -1.83. The fourth-order valence-electron chi connectivity index (χ4n) is 1.18. The van der Waals surface area contributed by atoms with Gasteiger partial charge in [-0.05, 0) is 0 Å². The van der Waals surface area contributed by atoms with Gasteiger partial charge in [-0.25, -0.2) is 4.79 Å².